The fraction of sp³-hybridized carbons (Fsp3) is 0.538. The standard InChI is InChI=1S/C26H40NO2/c1-7-9-12-20-26(3,4)23-15-17-24(18-16-23)28-21-19-22-13-10-11-14-25(22)29-27(5,6)8-2/h10-11,13-18H,7-9,12,19-21H2,1-6H3/q+1. The molecule has 0 aliphatic carbocycles. The number of para-hydroxylation sites is 1. The first-order valence-corrected chi connectivity index (χ1v) is 11.1. The molecule has 2 aromatic rings. The molecule has 160 valence electrons. The number of hydrogen-bond donors (Lipinski definition) is 0. The summed E-state index contributed by atoms with van der Waals surface area (Å²) in [5.41, 5.74) is 2.79. The first-order valence-electron chi connectivity index (χ1n) is 11.1. The Kier molecular flexibility index (Phi) is 8.58. The first-order chi connectivity index (χ1) is 13.8. The normalized spacial score (nSPS) is 12.1. The van der Waals surface area contributed by atoms with E-state index in [0.29, 0.717) is 11.3 Å². The van der Waals surface area contributed by atoms with E-state index in [1.165, 1.54) is 36.8 Å². The molecular weight excluding hydrogens is 358 g/mol. The van der Waals surface area contributed by atoms with Crippen LogP contribution < -0.4 is 9.57 Å². The van der Waals surface area contributed by atoms with E-state index in [-0.39, 0.29) is 5.41 Å². The van der Waals surface area contributed by atoms with Gasteiger partial charge in [-0.3, -0.25) is 0 Å². The third-order valence-electron chi connectivity index (χ3n) is 5.76. The Labute approximate surface area is 178 Å². The van der Waals surface area contributed by atoms with Gasteiger partial charge in [0.1, 0.15) is 26.4 Å². The Morgan fingerprint density at radius 3 is 2.24 bits per heavy atom. The molecule has 29 heavy (non-hydrogen) atoms. The number of ether oxygens (including phenoxy) is 1. The van der Waals surface area contributed by atoms with E-state index in [2.05, 4.69) is 78.2 Å². The summed E-state index contributed by atoms with van der Waals surface area (Å²) in [6.45, 7) is 10.6. The van der Waals surface area contributed by atoms with Crippen molar-refractivity contribution >= 4 is 0 Å². The van der Waals surface area contributed by atoms with Crippen molar-refractivity contribution in [1.82, 2.24) is 0 Å². The SMILES string of the molecule is CCCCCC(C)(C)c1ccc(OCCc2ccccc2O[N+](C)(C)CC)cc1. The van der Waals surface area contributed by atoms with E-state index < -0.39 is 0 Å². The van der Waals surface area contributed by atoms with Gasteiger partial charge in [0, 0.05) is 12.0 Å². The van der Waals surface area contributed by atoms with E-state index in [0.717, 1.165) is 24.5 Å². The minimum Gasteiger partial charge on any atom is -0.493 e. The van der Waals surface area contributed by atoms with Crippen LogP contribution in [0.25, 0.3) is 0 Å². The molecule has 0 radical (unpaired) electrons. The molecule has 0 aromatic heterocycles. The highest BCUT2D eigenvalue weighted by Crippen LogP contribution is 2.30. The van der Waals surface area contributed by atoms with Crippen LogP contribution in [0.15, 0.2) is 48.5 Å². The Hall–Kier alpha value is -2.00. The van der Waals surface area contributed by atoms with Crippen molar-refractivity contribution in [3.05, 3.63) is 59.7 Å². The lowest BCUT2D eigenvalue weighted by Gasteiger charge is -2.27. The van der Waals surface area contributed by atoms with Crippen LogP contribution in [0.5, 0.6) is 11.5 Å². The van der Waals surface area contributed by atoms with Gasteiger partial charge >= 0.3 is 0 Å². The molecule has 3 heteroatoms. The summed E-state index contributed by atoms with van der Waals surface area (Å²) >= 11 is 0. The molecule has 2 rings (SSSR count). The van der Waals surface area contributed by atoms with Crippen molar-refractivity contribution in [3.8, 4) is 11.5 Å². The van der Waals surface area contributed by atoms with Crippen molar-refractivity contribution in [2.24, 2.45) is 0 Å². The third kappa shape index (κ3) is 7.40. The third-order valence-corrected chi connectivity index (χ3v) is 5.76. The van der Waals surface area contributed by atoms with Gasteiger partial charge in [-0.25, -0.2) is 0 Å². The second-order valence-electron chi connectivity index (χ2n) is 9.05. The minimum atomic E-state index is 0.217. The van der Waals surface area contributed by atoms with Gasteiger partial charge in [-0.2, -0.15) is 0 Å². The summed E-state index contributed by atoms with van der Waals surface area (Å²) in [6.07, 6.45) is 5.92. The number of benzene rings is 2. The second kappa shape index (κ2) is 10.7. The summed E-state index contributed by atoms with van der Waals surface area (Å²) in [7, 11) is 4.14. The van der Waals surface area contributed by atoms with E-state index in [1.54, 1.807) is 0 Å². The highest BCUT2D eigenvalue weighted by atomic mass is 16.7. The average Bonchev–Trinajstić information content (AvgIpc) is 2.69. The Morgan fingerprint density at radius 1 is 0.897 bits per heavy atom. The van der Waals surface area contributed by atoms with Gasteiger partial charge in [0.2, 0.25) is 0 Å². The molecule has 0 saturated carbocycles. The zero-order chi connectivity index (χ0) is 21.3. The van der Waals surface area contributed by atoms with Crippen molar-refractivity contribution in [2.45, 2.75) is 65.2 Å². The zero-order valence-corrected chi connectivity index (χ0v) is 19.3. The summed E-state index contributed by atoms with van der Waals surface area (Å²) in [4.78, 5) is 6.16. The summed E-state index contributed by atoms with van der Waals surface area (Å²) in [5, 5.41) is 0. The maximum atomic E-state index is 6.16. The molecule has 0 fully saturated rings. The summed E-state index contributed by atoms with van der Waals surface area (Å²) in [5.74, 6) is 1.87. The Bertz CT molecular complexity index is 735. The second-order valence-corrected chi connectivity index (χ2v) is 9.05. The number of quaternary nitrogens is 1. The maximum Gasteiger partial charge on any atom is 0.193 e. The quantitative estimate of drug-likeness (QED) is 0.229. The molecular formula is C26H40NO2+. The van der Waals surface area contributed by atoms with E-state index >= 15 is 0 Å². The van der Waals surface area contributed by atoms with Gasteiger partial charge in [-0.15, -0.1) is 4.65 Å². The number of hydroxylamine groups is 3. The Balaban J connectivity index is 1.92. The topological polar surface area (TPSA) is 18.5 Å². The van der Waals surface area contributed by atoms with Gasteiger partial charge in [-0.05, 0) is 42.5 Å². The van der Waals surface area contributed by atoms with E-state index in [1.807, 2.05) is 12.1 Å². The van der Waals surface area contributed by atoms with Crippen molar-refractivity contribution in [3.63, 3.8) is 0 Å². The van der Waals surface area contributed by atoms with Crippen LogP contribution in [0.2, 0.25) is 0 Å². The van der Waals surface area contributed by atoms with Gasteiger partial charge in [0.15, 0.2) is 5.75 Å². The summed E-state index contributed by atoms with van der Waals surface area (Å²) < 4.78 is 6.53. The molecule has 0 saturated heterocycles. The molecule has 2 aromatic carbocycles. The largest absolute Gasteiger partial charge is 0.493 e. The predicted molar refractivity (Wildman–Crippen MR) is 123 cm³/mol. The van der Waals surface area contributed by atoms with Gasteiger partial charge in [0.05, 0.1) is 6.61 Å². The average molecular weight is 399 g/mol. The highest BCUT2D eigenvalue weighted by Gasteiger charge is 2.20. The molecule has 0 aliphatic heterocycles. The first kappa shape index (κ1) is 23.3. The molecule has 0 N–H and O–H groups in total. The monoisotopic (exact) mass is 398 g/mol. The Morgan fingerprint density at radius 2 is 1.59 bits per heavy atom. The summed E-state index contributed by atoms with van der Waals surface area (Å²) in [6, 6.07) is 16.9. The fourth-order valence-corrected chi connectivity index (χ4v) is 3.37. The molecule has 0 atom stereocenters. The smallest absolute Gasteiger partial charge is 0.193 e. The zero-order valence-electron chi connectivity index (χ0n) is 19.3. The van der Waals surface area contributed by atoms with Crippen LogP contribution in [-0.4, -0.2) is 31.9 Å². The molecule has 0 aliphatic rings. The molecule has 0 spiro atoms. The van der Waals surface area contributed by atoms with Gasteiger partial charge in [-0.1, -0.05) is 70.4 Å². The lowest BCUT2D eigenvalue weighted by atomic mass is 9.80. The van der Waals surface area contributed by atoms with Crippen molar-refractivity contribution < 1.29 is 14.2 Å². The fourth-order valence-electron chi connectivity index (χ4n) is 3.37. The molecule has 0 amide bonds. The van der Waals surface area contributed by atoms with Crippen molar-refractivity contribution in [2.75, 3.05) is 27.2 Å². The lowest BCUT2D eigenvalue weighted by molar-refractivity contribution is -1.05. The molecule has 0 unspecified atom stereocenters. The maximum absolute atomic E-state index is 6.16. The number of hydrogen-bond acceptors (Lipinski definition) is 2. The lowest BCUT2D eigenvalue weighted by Crippen LogP contribution is -2.42. The molecule has 0 heterocycles. The predicted octanol–water partition coefficient (Wildman–Crippen LogP) is 6.56. The molecule has 0 bridgehead atoms. The molecule has 3 nitrogen and oxygen atoms in total. The van der Waals surface area contributed by atoms with Gasteiger partial charge < -0.3 is 9.57 Å². The number of nitrogens with zero attached hydrogens (tertiary/aromatic N) is 1. The van der Waals surface area contributed by atoms with Crippen LogP contribution >= 0.6 is 0 Å². The van der Waals surface area contributed by atoms with Gasteiger partial charge in [0.25, 0.3) is 0 Å². The number of unbranched alkanes of at least 4 members (excludes halogenated alkanes) is 2. The number of rotatable bonds is 12. The van der Waals surface area contributed by atoms with E-state index in [9.17, 15) is 0 Å². The van der Waals surface area contributed by atoms with Crippen molar-refractivity contribution in [1.29, 1.82) is 0 Å². The van der Waals surface area contributed by atoms with Crippen LogP contribution in [0.3, 0.4) is 0 Å². The minimum absolute atomic E-state index is 0.217. The van der Waals surface area contributed by atoms with E-state index in [4.69, 9.17) is 9.57 Å². The van der Waals surface area contributed by atoms with Crippen LogP contribution in [0, 0.1) is 0 Å². The highest BCUT2D eigenvalue weighted by molar-refractivity contribution is 5.34. The van der Waals surface area contributed by atoms with Crippen LogP contribution in [-0.2, 0) is 11.8 Å². The van der Waals surface area contributed by atoms with Crippen LogP contribution in [0.4, 0.5) is 0 Å². The van der Waals surface area contributed by atoms with Crippen LogP contribution in [0.1, 0.15) is 64.5 Å².